The minimum atomic E-state index is -0.544. The number of fused-ring (bicyclic) bond motifs is 1. The van der Waals surface area contributed by atoms with E-state index in [2.05, 4.69) is 11.8 Å². The molecule has 0 aromatic heterocycles. The number of piperidine rings is 1. The zero-order chi connectivity index (χ0) is 13.5. The summed E-state index contributed by atoms with van der Waals surface area (Å²) in [4.78, 5) is 2.38. The number of likely N-dealkylation sites (tertiary alicyclic amines) is 1. The van der Waals surface area contributed by atoms with Crippen molar-refractivity contribution in [1.29, 1.82) is 0 Å². The van der Waals surface area contributed by atoms with Crippen LogP contribution >= 0.6 is 0 Å². The van der Waals surface area contributed by atoms with E-state index < -0.39 is 6.10 Å². The Morgan fingerprint density at radius 1 is 1.42 bits per heavy atom. The lowest BCUT2D eigenvalue weighted by Crippen LogP contribution is -2.50. The highest BCUT2D eigenvalue weighted by Crippen LogP contribution is 2.44. The number of ether oxygens (including phenoxy) is 1. The van der Waals surface area contributed by atoms with Crippen molar-refractivity contribution >= 4 is 0 Å². The molecule has 1 atom stereocenters. The molecule has 2 aliphatic heterocycles. The fourth-order valence-corrected chi connectivity index (χ4v) is 3.19. The quantitative estimate of drug-likeness (QED) is 0.847. The van der Waals surface area contributed by atoms with E-state index in [4.69, 9.17) is 4.74 Å². The van der Waals surface area contributed by atoms with Crippen molar-refractivity contribution in [3.8, 4) is 5.75 Å². The SMILES string of the molecule is CCN1CCC2(CC1)C[C@@H](O)c1ccc(F)cc1O2. The molecule has 4 heteroatoms. The maximum Gasteiger partial charge on any atom is 0.128 e. The Balaban J connectivity index is 1.84. The van der Waals surface area contributed by atoms with Gasteiger partial charge >= 0.3 is 0 Å². The Bertz CT molecular complexity index is 469. The molecule has 1 fully saturated rings. The van der Waals surface area contributed by atoms with Crippen LogP contribution in [0.3, 0.4) is 0 Å². The molecule has 1 aromatic rings. The van der Waals surface area contributed by atoms with E-state index in [0.29, 0.717) is 17.7 Å². The zero-order valence-electron chi connectivity index (χ0n) is 11.2. The van der Waals surface area contributed by atoms with Crippen molar-refractivity contribution in [1.82, 2.24) is 4.90 Å². The summed E-state index contributed by atoms with van der Waals surface area (Å²) in [5.41, 5.74) is 0.399. The standard InChI is InChI=1S/C15H20FNO2/c1-2-17-7-5-15(6-8-17)10-13(18)12-4-3-11(16)9-14(12)19-15/h3-4,9,13,18H,2,5-8,10H2,1H3/t13-/m1/s1. The second-order valence-electron chi connectivity index (χ2n) is 5.62. The summed E-state index contributed by atoms with van der Waals surface area (Å²) in [5.74, 6) is 0.206. The Morgan fingerprint density at radius 2 is 2.16 bits per heavy atom. The van der Waals surface area contributed by atoms with Gasteiger partial charge in [-0.25, -0.2) is 4.39 Å². The average molecular weight is 265 g/mol. The van der Waals surface area contributed by atoms with Gasteiger partial charge in [0.05, 0.1) is 6.10 Å². The van der Waals surface area contributed by atoms with Crippen LogP contribution in [0, 0.1) is 5.82 Å². The van der Waals surface area contributed by atoms with Crippen LogP contribution in [0.25, 0.3) is 0 Å². The van der Waals surface area contributed by atoms with E-state index >= 15 is 0 Å². The fourth-order valence-electron chi connectivity index (χ4n) is 3.19. The first kappa shape index (κ1) is 12.9. The van der Waals surface area contributed by atoms with Crippen LogP contribution in [0.15, 0.2) is 18.2 Å². The molecule has 2 aliphatic rings. The molecule has 0 saturated carbocycles. The highest BCUT2D eigenvalue weighted by atomic mass is 19.1. The number of halogens is 1. The Labute approximate surface area is 113 Å². The number of nitrogens with zero attached hydrogens (tertiary/aromatic N) is 1. The third-order valence-corrected chi connectivity index (χ3v) is 4.44. The van der Waals surface area contributed by atoms with Crippen LogP contribution in [0.4, 0.5) is 4.39 Å². The molecule has 3 nitrogen and oxygen atoms in total. The molecule has 1 spiro atoms. The van der Waals surface area contributed by atoms with E-state index in [0.717, 1.165) is 32.5 Å². The molecule has 0 bridgehead atoms. The maximum atomic E-state index is 13.3. The number of hydrogen-bond donors (Lipinski definition) is 1. The van der Waals surface area contributed by atoms with Crippen molar-refractivity contribution in [2.24, 2.45) is 0 Å². The summed E-state index contributed by atoms with van der Waals surface area (Å²) < 4.78 is 19.4. The maximum absolute atomic E-state index is 13.3. The number of benzene rings is 1. The molecular weight excluding hydrogens is 245 g/mol. The summed E-state index contributed by atoms with van der Waals surface area (Å²) in [6.07, 6.45) is 1.86. The highest BCUT2D eigenvalue weighted by Gasteiger charge is 2.42. The monoisotopic (exact) mass is 265 g/mol. The van der Waals surface area contributed by atoms with E-state index in [1.54, 1.807) is 6.07 Å². The molecule has 0 unspecified atom stereocenters. The third kappa shape index (κ3) is 2.35. The minimum absolute atomic E-state index is 0.311. The molecule has 3 rings (SSSR count). The third-order valence-electron chi connectivity index (χ3n) is 4.44. The van der Waals surface area contributed by atoms with Gasteiger partial charge in [0, 0.05) is 31.1 Å². The normalized spacial score (nSPS) is 25.9. The summed E-state index contributed by atoms with van der Waals surface area (Å²) in [5, 5.41) is 10.3. The van der Waals surface area contributed by atoms with Crippen LogP contribution in [0.5, 0.6) is 5.75 Å². The van der Waals surface area contributed by atoms with Crippen molar-refractivity contribution in [3.05, 3.63) is 29.6 Å². The van der Waals surface area contributed by atoms with Gasteiger partial charge in [0.25, 0.3) is 0 Å². The van der Waals surface area contributed by atoms with Gasteiger partial charge in [0.2, 0.25) is 0 Å². The molecule has 2 heterocycles. The molecule has 1 aromatic carbocycles. The number of aliphatic hydroxyl groups is 1. The lowest BCUT2D eigenvalue weighted by atomic mass is 9.81. The van der Waals surface area contributed by atoms with Crippen LogP contribution < -0.4 is 4.74 Å². The van der Waals surface area contributed by atoms with Crippen molar-refractivity contribution < 1.29 is 14.2 Å². The van der Waals surface area contributed by atoms with Crippen LogP contribution in [-0.4, -0.2) is 35.2 Å². The van der Waals surface area contributed by atoms with E-state index in [-0.39, 0.29) is 11.4 Å². The van der Waals surface area contributed by atoms with E-state index in [9.17, 15) is 9.50 Å². The number of hydrogen-bond acceptors (Lipinski definition) is 3. The van der Waals surface area contributed by atoms with Gasteiger partial charge in [-0.2, -0.15) is 0 Å². The van der Waals surface area contributed by atoms with Gasteiger partial charge in [-0.05, 0) is 31.5 Å². The summed E-state index contributed by atoms with van der Waals surface area (Å²) in [6.45, 7) is 5.16. The predicted molar refractivity (Wildman–Crippen MR) is 70.7 cm³/mol. The average Bonchev–Trinajstić information content (AvgIpc) is 2.39. The summed E-state index contributed by atoms with van der Waals surface area (Å²) >= 11 is 0. The van der Waals surface area contributed by atoms with E-state index in [1.165, 1.54) is 12.1 Å². The van der Waals surface area contributed by atoms with E-state index in [1.807, 2.05) is 0 Å². The van der Waals surface area contributed by atoms with Crippen molar-refractivity contribution in [2.75, 3.05) is 19.6 Å². The van der Waals surface area contributed by atoms with Gasteiger partial charge in [0.1, 0.15) is 17.2 Å². The lowest BCUT2D eigenvalue weighted by Gasteiger charge is -2.45. The molecule has 1 N–H and O–H groups in total. The highest BCUT2D eigenvalue weighted by molar-refractivity contribution is 5.38. The van der Waals surface area contributed by atoms with Gasteiger partial charge in [-0.3, -0.25) is 0 Å². The second-order valence-corrected chi connectivity index (χ2v) is 5.62. The largest absolute Gasteiger partial charge is 0.487 e. The van der Waals surface area contributed by atoms with Gasteiger partial charge in [-0.15, -0.1) is 0 Å². The number of aliphatic hydroxyl groups excluding tert-OH is 1. The Hall–Kier alpha value is -1.13. The molecule has 0 aliphatic carbocycles. The van der Waals surface area contributed by atoms with Gasteiger partial charge in [-0.1, -0.05) is 6.92 Å². The van der Waals surface area contributed by atoms with Crippen molar-refractivity contribution in [3.63, 3.8) is 0 Å². The lowest BCUT2D eigenvalue weighted by molar-refractivity contribution is -0.0533. The molecule has 1 saturated heterocycles. The first-order chi connectivity index (χ1) is 9.12. The second kappa shape index (κ2) is 4.76. The minimum Gasteiger partial charge on any atom is -0.487 e. The summed E-state index contributed by atoms with van der Waals surface area (Å²) in [7, 11) is 0. The fraction of sp³-hybridized carbons (Fsp3) is 0.600. The topological polar surface area (TPSA) is 32.7 Å². The molecule has 104 valence electrons. The van der Waals surface area contributed by atoms with Crippen LogP contribution in [0.2, 0.25) is 0 Å². The number of rotatable bonds is 1. The molecule has 0 radical (unpaired) electrons. The molecule has 0 amide bonds. The van der Waals surface area contributed by atoms with Gasteiger partial charge in [0.15, 0.2) is 0 Å². The van der Waals surface area contributed by atoms with Crippen LogP contribution in [0.1, 0.15) is 37.9 Å². The van der Waals surface area contributed by atoms with Gasteiger partial charge < -0.3 is 14.7 Å². The Morgan fingerprint density at radius 3 is 2.84 bits per heavy atom. The summed E-state index contributed by atoms with van der Waals surface area (Å²) in [6, 6.07) is 4.40. The first-order valence-electron chi connectivity index (χ1n) is 7.01. The predicted octanol–water partition coefficient (Wildman–Crippen LogP) is 2.50. The van der Waals surface area contributed by atoms with Crippen LogP contribution in [-0.2, 0) is 0 Å². The molecular formula is C15H20FNO2. The smallest absolute Gasteiger partial charge is 0.128 e. The van der Waals surface area contributed by atoms with Crippen molar-refractivity contribution in [2.45, 2.75) is 37.9 Å². The Kier molecular flexibility index (Phi) is 3.23. The molecule has 19 heavy (non-hydrogen) atoms. The zero-order valence-corrected chi connectivity index (χ0v) is 11.2. The first-order valence-corrected chi connectivity index (χ1v) is 7.01.